The molecule has 3 aromatic rings. The molecule has 0 saturated heterocycles. The number of hydrogen-bond acceptors (Lipinski definition) is 5. The summed E-state index contributed by atoms with van der Waals surface area (Å²) in [6, 6.07) is 11.7. The highest BCUT2D eigenvalue weighted by molar-refractivity contribution is 6.35. The Bertz CT molecular complexity index is 874. The van der Waals surface area contributed by atoms with Gasteiger partial charge in [0.1, 0.15) is 5.75 Å². The Morgan fingerprint density at radius 3 is 2.44 bits per heavy atom. The molecule has 0 aliphatic heterocycles. The lowest BCUT2D eigenvalue weighted by molar-refractivity contribution is 0.102. The van der Waals surface area contributed by atoms with Crippen LogP contribution in [0.2, 0.25) is 10.0 Å². The summed E-state index contributed by atoms with van der Waals surface area (Å²) in [6.07, 6.45) is 0. The Morgan fingerprint density at radius 1 is 1.12 bits per heavy atom. The summed E-state index contributed by atoms with van der Waals surface area (Å²) in [7, 11) is 0. The van der Waals surface area contributed by atoms with Crippen LogP contribution in [0.1, 0.15) is 17.3 Å². The van der Waals surface area contributed by atoms with E-state index in [0.717, 1.165) is 5.75 Å². The molecule has 2 aromatic carbocycles. The van der Waals surface area contributed by atoms with Gasteiger partial charge in [0.2, 0.25) is 5.89 Å². The normalized spacial score (nSPS) is 10.5. The third-order valence-electron chi connectivity index (χ3n) is 3.18. The van der Waals surface area contributed by atoms with Crippen LogP contribution in [-0.2, 0) is 0 Å². The molecular formula is C17H13Cl2N3O3. The van der Waals surface area contributed by atoms with Crippen molar-refractivity contribution < 1.29 is 13.9 Å². The van der Waals surface area contributed by atoms with Crippen LogP contribution in [0.25, 0.3) is 11.5 Å². The Morgan fingerprint density at radius 2 is 1.80 bits per heavy atom. The summed E-state index contributed by atoms with van der Waals surface area (Å²) in [5.74, 6) is 0.575. The highest BCUT2D eigenvalue weighted by atomic mass is 35.5. The predicted octanol–water partition coefficient (Wildman–Crippen LogP) is 4.69. The van der Waals surface area contributed by atoms with Crippen molar-refractivity contribution in [1.29, 1.82) is 0 Å². The van der Waals surface area contributed by atoms with Crippen molar-refractivity contribution in [2.75, 3.05) is 11.9 Å². The van der Waals surface area contributed by atoms with E-state index in [1.54, 1.807) is 24.3 Å². The maximum atomic E-state index is 12.2. The molecule has 0 spiro atoms. The Hall–Kier alpha value is -2.57. The van der Waals surface area contributed by atoms with Crippen LogP contribution in [0.4, 0.5) is 6.01 Å². The van der Waals surface area contributed by atoms with Gasteiger partial charge < -0.3 is 9.15 Å². The number of rotatable bonds is 5. The van der Waals surface area contributed by atoms with Gasteiger partial charge in [-0.25, -0.2) is 0 Å². The van der Waals surface area contributed by atoms with E-state index in [-0.39, 0.29) is 11.9 Å². The van der Waals surface area contributed by atoms with Crippen LogP contribution in [0.15, 0.2) is 46.9 Å². The fourth-order valence-corrected chi connectivity index (χ4v) is 2.63. The molecule has 0 unspecified atom stereocenters. The van der Waals surface area contributed by atoms with Gasteiger partial charge in [-0.15, -0.1) is 5.10 Å². The summed E-state index contributed by atoms with van der Waals surface area (Å²) in [5, 5.41) is 11.0. The van der Waals surface area contributed by atoms with Crippen molar-refractivity contribution >= 4 is 35.1 Å². The average molecular weight is 378 g/mol. The highest BCUT2D eigenvalue weighted by Gasteiger charge is 2.14. The topological polar surface area (TPSA) is 77.3 Å². The summed E-state index contributed by atoms with van der Waals surface area (Å²) in [6.45, 7) is 2.50. The number of aromatic nitrogens is 2. The molecule has 1 aromatic heterocycles. The third kappa shape index (κ3) is 4.29. The van der Waals surface area contributed by atoms with Crippen LogP contribution in [0, 0.1) is 0 Å². The number of benzene rings is 2. The number of anilines is 1. The number of nitrogens with zero attached hydrogens (tertiary/aromatic N) is 2. The Labute approximate surface area is 153 Å². The number of ether oxygens (including phenoxy) is 1. The zero-order valence-corrected chi connectivity index (χ0v) is 14.6. The summed E-state index contributed by atoms with van der Waals surface area (Å²) in [5.41, 5.74) is 1.00. The molecule has 0 saturated carbocycles. The van der Waals surface area contributed by atoms with Crippen LogP contribution < -0.4 is 10.1 Å². The van der Waals surface area contributed by atoms with E-state index in [0.29, 0.717) is 27.8 Å². The lowest BCUT2D eigenvalue weighted by Gasteiger charge is -2.03. The number of nitrogens with one attached hydrogen (secondary N) is 1. The molecule has 6 nitrogen and oxygen atoms in total. The number of halogens is 2. The lowest BCUT2D eigenvalue weighted by Crippen LogP contribution is -2.12. The first-order valence-electron chi connectivity index (χ1n) is 7.39. The minimum absolute atomic E-state index is 0.0232. The van der Waals surface area contributed by atoms with Crippen molar-refractivity contribution in [1.82, 2.24) is 10.2 Å². The van der Waals surface area contributed by atoms with Crippen molar-refractivity contribution in [3.8, 4) is 17.2 Å². The van der Waals surface area contributed by atoms with E-state index in [1.165, 1.54) is 18.2 Å². The van der Waals surface area contributed by atoms with Crippen molar-refractivity contribution in [2.24, 2.45) is 0 Å². The number of carbonyl (C=O) groups is 1. The van der Waals surface area contributed by atoms with Gasteiger partial charge >= 0.3 is 6.01 Å². The van der Waals surface area contributed by atoms with E-state index < -0.39 is 5.91 Å². The molecule has 0 fully saturated rings. The van der Waals surface area contributed by atoms with Gasteiger partial charge in [0, 0.05) is 21.2 Å². The smallest absolute Gasteiger partial charge is 0.322 e. The first-order valence-corrected chi connectivity index (χ1v) is 8.15. The minimum atomic E-state index is -0.453. The van der Waals surface area contributed by atoms with E-state index in [1.807, 2.05) is 6.92 Å². The zero-order chi connectivity index (χ0) is 17.8. The number of hydrogen-bond donors (Lipinski definition) is 1. The molecule has 1 amide bonds. The van der Waals surface area contributed by atoms with E-state index in [2.05, 4.69) is 15.5 Å². The largest absolute Gasteiger partial charge is 0.494 e. The van der Waals surface area contributed by atoms with Crippen LogP contribution >= 0.6 is 23.2 Å². The minimum Gasteiger partial charge on any atom is -0.494 e. The van der Waals surface area contributed by atoms with Crippen LogP contribution in [0.3, 0.4) is 0 Å². The second-order valence-corrected chi connectivity index (χ2v) is 5.85. The molecule has 0 atom stereocenters. The van der Waals surface area contributed by atoms with Crippen molar-refractivity contribution in [3.05, 3.63) is 58.1 Å². The summed E-state index contributed by atoms with van der Waals surface area (Å²) >= 11 is 11.8. The van der Waals surface area contributed by atoms with Crippen molar-refractivity contribution in [2.45, 2.75) is 6.92 Å². The first kappa shape index (κ1) is 17.3. The molecule has 0 aliphatic carbocycles. The fourth-order valence-electron chi connectivity index (χ4n) is 2.11. The maximum Gasteiger partial charge on any atom is 0.322 e. The maximum absolute atomic E-state index is 12.2. The fraction of sp³-hybridized carbons (Fsp3) is 0.118. The third-order valence-corrected chi connectivity index (χ3v) is 3.62. The van der Waals surface area contributed by atoms with E-state index in [4.69, 9.17) is 32.4 Å². The average Bonchev–Trinajstić information content (AvgIpc) is 3.03. The molecular weight excluding hydrogens is 365 g/mol. The second kappa shape index (κ2) is 7.55. The predicted molar refractivity (Wildman–Crippen MR) is 95.3 cm³/mol. The van der Waals surface area contributed by atoms with Gasteiger partial charge in [-0.2, -0.15) is 0 Å². The summed E-state index contributed by atoms with van der Waals surface area (Å²) in [4.78, 5) is 12.2. The van der Waals surface area contributed by atoms with E-state index in [9.17, 15) is 4.79 Å². The van der Waals surface area contributed by atoms with Gasteiger partial charge in [0.25, 0.3) is 5.91 Å². The highest BCUT2D eigenvalue weighted by Crippen LogP contribution is 2.24. The van der Waals surface area contributed by atoms with Crippen LogP contribution in [-0.4, -0.2) is 22.7 Å². The molecule has 0 bridgehead atoms. The Balaban J connectivity index is 1.73. The lowest BCUT2D eigenvalue weighted by atomic mass is 10.2. The van der Waals surface area contributed by atoms with Gasteiger partial charge in [0.15, 0.2) is 0 Å². The standard InChI is InChI=1S/C17H13Cl2N3O3/c1-2-24-14-5-3-10(4-6-14)16-21-22-17(25-16)20-15(23)11-7-12(18)9-13(19)8-11/h3-9H,2H2,1H3,(H,20,22,23). The van der Waals surface area contributed by atoms with E-state index >= 15 is 0 Å². The van der Waals surface area contributed by atoms with Crippen molar-refractivity contribution in [3.63, 3.8) is 0 Å². The molecule has 0 aliphatic rings. The zero-order valence-electron chi connectivity index (χ0n) is 13.1. The molecule has 1 N–H and O–H groups in total. The van der Waals surface area contributed by atoms with Gasteiger partial charge in [-0.1, -0.05) is 28.3 Å². The van der Waals surface area contributed by atoms with Crippen LogP contribution in [0.5, 0.6) is 5.75 Å². The molecule has 0 radical (unpaired) electrons. The molecule has 128 valence electrons. The summed E-state index contributed by atoms with van der Waals surface area (Å²) < 4.78 is 10.8. The number of amides is 1. The SMILES string of the molecule is CCOc1ccc(-c2nnc(NC(=O)c3cc(Cl)cc(Cl)c3)o2)cc1. The van der Waals surface area contributed by atoms with Gasteiger partial charge in [-0.3, -0.25) is 10.1 Å². The Kier molecular flexibility index (Phi) is 5.21. The molecule has 3 rings (SSSR count). The molecule has 1 heterocycles. The second-order valence-electron chi connectivity index (χ2n) is 4.98. The molecule has 25 heavy (non-hydrogen) atoms. The van der Waals surface area contributed by atoms with Gasteiger partial charge in [-0.05, 0) is 49.4 Å². The number of carbonyl (C=O) groups excluding carboxylic acids is 1. The monoisotopic (exact) mass is 377 g/mol. The molecule has 8 heteroatoms. The first-order chi connectivity index (χ1) is 12.0. The van der Waals surface area contributed by atoms with Gasteiger partial charge in [0.05, 0.1) is 6.61 Å². The quantitative estimate of drug-likeness (QED) is 0.697.